The van der Waals surface area contributed by atoms with Gasteiger partial charge in [0.2, 0.25) is 0 Å². The van der Waals surface area contributed by atoms with Gasteiger partial charge in [-0.25, -0.2) is 4.79 Å². The number of fused-ring (bicyclic) bond motifs is 1. The number of nitrogens with zero attached hydrogens (tertiary/aromatic N) is 2. The van der Waals surface area contributed by atoms with Crippen LogP contribution in [0.4, 0.5) is 4.79 Å². The summed E-state index contributed by atoms with van der Waals surface area (Å²) in [4.78, 5) is 18.4. The van der Waals surface area contributed by atoms with Crippen LogP contribution in [0.2, 0.25) is 0 Å². The second kappa shape index (κ2) is 17.0. The normalized spacial score (nSPS) is 12.3. The molecule has 0 heterocycles. The van der Waals surface area contributed by atoms with Crippen molar-refractivity contribution in [2.75, 3.05) is 26.2 Å². The van der Waals surface area contributed by atoms with E-state index in [0.29, 0.717) is 24.9 Å². The van der Waals surface area contributed by atoms with Crippen LogP contribution in [0.3, 0.4) is 0 Å². The second-order valence-electron chi connectivity index (χ2n) is 13.0. The van der Waals surface area contributed by atoms with Crippen LogP contribution in [0.15, 0.2) is 97.1 Å². The van der Waals surface area contributed by atoms with Gasteiger partial charge in [-0.3, -0.25) is 0 Å². The molecule has 4 aromatic rings. The molecule has 1 atom stereocenters. The third kappa shape index (κ3) is 10.5. The van der Waals surface area contributed by atoms with Crippen molar-refractivity contribution in [2.24, 2.45) is 11.8 Å². The third-order valence-corrected chi connectivity index (χ3v) is 7.96. The highest BCUT2D eigenvalue weighted by molar-refractivity contribution is 5.86. The van der Waals surface area contributed by atoms with Gasteiger partial charge in [-0.1, -0.05) is 125 Å². The Morgan fingerprint density at radius 2 is 1.25 bits per heavy atom. The summed E-state index contributed by atoms with van der Waals surface area (Å²) in [6.07, 6.45) is 0.941. The summed E-state index contributed by atoms with van der Waals surface area (Å²) < 4.78 is 0. The zero-order valence-corrected chi connectivity index (χ0v) is 27.4. The Morgan fingerprint density at radius 3 is 1.93 bits per heavy atom. The third-order valence-electron chi connectivity index (χ3n) is 7.96. The van der Waals surface area contributed by atoms with Gasteiger partial charge in [0.05, 0.1) is 6.04 Å². The summed E-state index contributed by atoms with van der Waals surface area (Å²) in [5, 5.41) is 9.24. The van der Waals surface area contributed by atoms with E-state index in [9.17, 15) is 4.79 Å². The quantitative estimate of drug-likeness (QED) is 0.137. The summed E-state index contributed by atoms with van der Waals surface area (Å²) >= 11 is 0. The second-order valence-corrected chi connectivity index (χ2v) is 13.0. The number of hydrogen-bond acceptors (Lipinski definition) is 3. The van der Waals surface area contributed by atoms with Crippen molar-refractivity contribution in [2.45, 2.75) is 66.7 Å². The fourth-order valence-corrected chi connectivity index (χ4v) is 5.94. The molecule has 2 N–H and O–H groups in total. The lowest BCUT2D eigenvalue weighted by molar-refractivity contribution is 0.178. The van der Waals surface area contributed by atoms with Crippen molar-refractivity contribution in [3.63, 3.8) is 0 Å². The van der Waals surface area contributed by atoms with Gasteiger partial charge in [-0.05, 0) is 64.8 Å². The average Bonchev–Trinajstić information content (AvgIpc) is 3.01. The lowest BCUT2D eigenvalue weighted by Crippen LogP contribution is -2.42. The Kier molecular flexibility index (Phi) is 12.8. The molecule has 0 fully saturated rings. The monoisotopic (exact) mass is 592 g/mol. The molecule has 5 heteroatoms. The van der Waals surface area contributed by atoms with Crippen LogP contribution in [0.5, 0.6) is 0 Å². The fraction of sp³-hybridized carbons (Fsp3) is 0.410. The molecule has 0 saturated carbocycles. The van der Waals surface area contributed by atoms with Crippen molar-refractivity contribution >= 4 is 16.8 Å². The summed E-state index contributed by atoms with van der Waals surface area (Å²) in [7, 11) is 0. The molecule has 0 radical (unpaired) electrons. The van der Waals surface area contributed by atoms with E-state index in [-0.39, 0.29) is 12.1 Å². The minimum atomic E-state index is -0.104. The van der Waals surface area contributed by atoms with Crippen molar-refractivity contribution in [3.8, 4) is 0 Å². The highest BCUT2D eigenvalue weighted by Gasteiger charge is 2.19. The van der Waals surface area contributed by atoms with Crippen LogP contribution < -0.4 is 10.6 Å². The van der Waals surface area contributed by atoms with Crippen LogP contribution in [0.1, 0.15) is 69.3 Å². The molecule has 44 heavy (non-hydrogen) atoms. The van der Waals surface area contributed by atoms with Gasteiger partial charge in [0.15, 0.2) is 0 Å². The Hall–Kier alpha value is -3.67. The predicted molar refractivity (Wildman–Crippen MR) is 185 cm³/mol. The van der Waals surface area contributed by atoms with E-state index in [2.05, 4.69) is 141 Å². The number of rotatable bonds is 16. The number of urea groups is 1. The zero-order chi connectivity index (χ0) is 31.3. The molecule has 0 aliphatic rings. The van der Waals surface area contributed by atoms with Gasteiger partial charge in [0.1, 0.15) is 0 Å². The molecule has 0 unspecified atom stereocenters. The summed E-state index contributed by atoms with van der Waals surface area (Å²) in [5.74, 6) is 1.24. The van der Waals surface area contributed by atoms with Crippen molar-refractivity contribution in [1.29, 1.82) is 0 Å². The van der Waals surface area contributed by atoms with Crippen LogP contribution in [0.25, 0.3) is 10.8 Å². The summed E-state index contributed by atoms with van der Waals surface area (Å²) in [6.45, 7) is 17.3. The van der Waals surface area contributed by atoms with Gasteiger partial charge in [-0.15, -0.1) is 0 Å². The molecule has 4 rings (SSSR count). The van der Waals surface area contributed by atoms with Gasteiger partial charge in [0, 0.05) is 39.3 Å². The number of hydrogen-bond donors (Lipinski definition) is 2. The van der Waals surface area contributed by atoms with Gasteiger partial charge in [0.25, 0.3) is 0 Å². The highest BCUT2D eigenvalue weighted by Crippen LogP contribution is 2.24. The predicted octanol–water partition coefficient (Wildman–Crippen LogP) is 8.41. The van der Waals surface area contributed by atoms with Gasteiger partial charge >= 0.3 is 6.03 Å². The molecule has 0 bridgehead atoms. The summed E-state index contributed by atoms with van der Waals surface area (Å²) in [5.41, 5.74) is 4.81. The maximum absolute atomic E-state index is 13.8. The number of carbonyl (C=O) groups excluding carboxylic acids is 1. The van der Waals surface area contributed by atoms with E-state index in [4.69, 9.17) is 0 Å². The molecule has 0 spiro atoms. The van der Waals surface area contributed by atoms with E-state index in [1.807, 2.05) is 11.0 Å². The topological polar surface area (TPSA) is 47.6 Å². The number of carbonyl (C=O) groups is 1. The first-order chi connectivity index (χ1) is 21.3. The maximum atomic E-state index is 13.8. The fourth-order valence-electron chi connectivity index (χ4n) is 5.94. The van der Waals surface area contributed by atoms with Gasteiger partial charge < -0.3 is 20.4 Å². The zero-order valence-electron chi connectivity index (χ0n) is 27.4. The Labute approximate surface area is 265 Å². The Balaban J connectivity index is 1.42. The molecule has 0 aliphatic heterocycles. The molecule has 234 valence electrons. The largest absolute Gasteiger partial charge is 0.331 e. The van der Waals surface area contributed by atoms with Crippen LogP contribution >= 0.6 is 0 Å². The average molecular weight is 593 g/mol. The van der Waals surface area contributed by atoms with E-state index < -0.39 is 0 Å². The lowest BCUT2D eigenvalue weighted by atomic mass is 10.00. The van der Waals surface area contributed by atoms with Crippen LogP contribution in [-0.2, 0) is 19.6 Å². The lowest BCUT2D eigenvalue weighted by Gasteiger charge is -2.29. The maximum Gasteiger partial charge on any atom is 0.318 e. The molecule has 0 aromatic heterocycles. The first-order valence-electron chi connectivity index (χ1n) is 16.4. The van der Waals surface area contributed by atoms with E-state index >= 15 is 0 Å². The molecular formula is C39H52N4O. The minimum Gasteiger partial charge on any atom is -0.331 e. The molecular weight excluding hydrogens is 540 g/mol. The highest BCUT2D eigenvalue weighted by atomic mass is 16.2. The van der Waals surface area contributed by atoms with E-state index in [0.717, 1.165) is 50.3 Å². The smallest absolute Gasteiger partial charge is 0.318 e. The molecule has 0 saturated heterocycles. The first-order valence-corrected chi connectivity index (χ1v) is 16.4. The SMILES string of the molecule is CC(C)CN(CCCN(Cc1ccc(CNCc2ccccc2)cc1)C(=O)N[C@@H](C)c1cccc2ccccc12)CC(C)C. The molecule has 0 aliphatic carbocycles. The molecule has 5 nitrogen and oxygen atoms in total. The van der Waals surface area contributed by atoms with E-state index in [1.165, 1.54) is 21.9 Å². The first kappa shape index (κ1) is 33.2. The van der Waals surface area contributed by atoms with Crippen molar-refractivity contribution < 1.29 is 4.79 Å². The van der Waals surface area contributed by atoms with Crippen molar-refractivity contribution in [1.82, 2.24) is 20.4 Å². The number of amides is 2. The van der Waals surface area contributed by atoms with E-state index in [1.54, 1.807) is 0 Å². The molecule has 2 amide bonds. The minimum absolute atomic E-state index is 0.0155. The van der Waals surface area contributed by atoms with Crippen LogP contribution in [-0.4, -0.2) is 42.0 Å². The summed E-state index contributed by atoms with van der Waals surface area (Å²) in [6, 6.07) is 33.7. The standard InChI is InChI=1S/C39H52N4O/c1-30(2)27-42(28-31(3)4)23-12-24-43(39(44)41-32(5)37-18-11-16-36-15-9-10-17-38(36)37)29-35-21-19-34(20-22-35)26-40-25-33-13-7-6-8-14-33/h6-11,13-22,30-32,40H,12,23-29H2,1-5H3,(H,41,44)/t32-/m0/s1. The van der Waals surface area contributed by atoms with Crippen LogP contribution in [0, 0.1) is 11.8 Å². The molecule has 4 aromatic carbocycles. The Morgan fingerprint density at radius 1 is 0.659 bits per heavy atom. The van der Waals surface area contributed by atoms with Crippen molar-refractivity contribution in [3.05, 3.63) is 119 Å². The number of benzene rings is 4. The Bertz CT molecular complexity index is 1400. The number of nitrogens with one attached hydrogen (secondary N) is 2. The van der Waals surface area contributed by atoms with Gasteiger partial charge in [-0.2, -0.15) is 0 Å².